The molecule has 1 rings (SSSR count). The second-order valence-corrected chi connectivity index (χ2v) is 4.73. The van der Waals surface area contributed by atoms with Crippen LogP contribution < -0.4 is 5.32 Å². The van der Waals surface area contributed by atoms with Crippen LogP contribution >= 0.6 is 0 Å². The van der Waals surface area contributed by atoms with Crippen LogP contribution in [0.4, 0.5) is 0 Å². The zero-order valence-corrected chi connectivity index (χ0v) is 11.0. The Morgan fingerprint density at radius 1 is 1.19 bits per heavy atom. The molecule has 0 aromatic heterocycles. The zero-order chi connectivity index (χ0) is 11.6. The predicted molar refractivity (Wildman–Crippen MR) is 68.9 cm³/mol. The van der Waals surface area contributed by atoms with Crippen LogP contribution in [-0.2, 0) is 4.74 Å². The third kappa shape index (κ3) is 5.83. The summed E-state index contributed by atoms with van der Waals surface area (Å²) in [6.07, 6.45) is 6.80. The molecule has 0 saturated carbocycles. The van der Waals surface area contributed by atoms with Gasteiger partial charge >= 0.3 is 0 Å². The van der Waals surface area contributed by atoms with Gasteiger partial charge in [-0.3, -0.25) is 0 Å². The number of nitrogens with one attached hydrogen (secondary N) is 1. The molecule has 1 saturated heterocycles. The van der Waals surface area contributed by atoms with Crippen LogP contribution in [0.3, 0.4) is 0 Å². The summed E-state index contributed by atoms with van der Waals surface area (Å²) in [6, 6.07) is 0. The zero-order valence-electron chi connectivity index (χ0n) is 11.0. The largest absolute Gasteiger partial charge is 0.381 e. The Morgan fingerprint density at radius 2 is 1.88 bits per heavy atom. The van der Waals surface area contributed by atoms with Gasteiger partial charge in [-0.05, 0) is 25.8 Å². The lowest BCUT2D eigenvalue weighted by molar-refractivity contribution is 0.0804. The van der Waals surface area contributed by atoms with Gasteiger partial charge in [-0.15, -0.1) is 0 Å². The third-order valence-electron chi connectivity index (χ3n) is 3.42. The van der Waals surface area contributed by atoms with Crippen LogP contribution in [0, 0.1) is 0 Å². The Hall–Kier alpha value is -0.120. The first kappa shape index (κ1) is 13.9. The number of ether oxygens (including phenoxy) is 1. The fourth-order valence-corrected chi connectivity index (χ4v) is 2.29. The molecule has 0 unspecified atom stereocenters. The van der Waals surface area contributed by atoms with E-state index < -0.39 is 0 Å². The lowest BCUT2D eigenvalue weighted by atomic mass is 10.1. The van der Waals surface area contributed by atoms with Crippen LogP contribution in [0.15, 0.2) is 0 Å². The fraction of sp³-hybridized carbons (Fsp3) is 1.00. The highest BCUT2D eigenvalue weighted by atomic mass is 16.5. The molecule has 1 atom stereocenters. The van der Waals surface area contributed by atoms with Crippen LogP contribution in [0.1, 0.15) is 39.0 Å². The number of hydrogen-bond donors (Lipinski definition) is 1. The molecule has 0 aromatic rings. The molecule has 1 aliphatic rings. The van der Waals surface area contributed by atoms with Crippen molar-refractivity contribution in [2.75, 3.05) is 39.8 Å². The van der Waals surface area contributed by atoms with Crippen LogP contribution in [0.25, 0.3) is 0 Å². The number of hydrogen-bond acceptors (Lipinski definition) is 3. The molecular weight excluding hydrogens is 200 g/mol. The molecular formula is C13H28N2O. The first-order valence-corrected chi connectivity index (χ1v) is 6.82. The van der Waals surface area contributed by atoms with E-state index in [1.165, 1.54) is 51.7 Å². The molecule has 0 bridgehead atoms. The first-order valence-electron chi connectivity index (χ1n) is 6.82. The number of nitrogens with zero attached hydrogens (tertiary/aromatic N) is 1. The summed E-state index contributed by atoms with van der Waals surface area (Å²) in [6.45, 7) is 8.23. The highest BCUT2D eigenvalue weighted by molar-refractivity contribution is 4.68. The summed E-state index contributed by atoms with van der Waals surface area (Å²) in [5.41, 5.74) is 0. The van der Waals surface area contributed by atoms with Crippen molar-refractivity contribution in [1.82, 2.24) is 10.2 Å². The Labute approximate surface area is 101 Å². The summed E-state index contributed by atoms with van der Waals surface area (Å²) in [5.74, 6) is 0. The van der Waals surface area contributed by atoms with Crippen LogP contribution in [0.2, 0.25) is 0 Å². The number of methoxy groups -OCH3 is 1. The van der Waals surface area contributed by atoms with Gasteiger partial charge in [-0.1, -0.05) is 19.8 Å². The molecule has 0 aliphatic carbocycles. The first-order chi connectivity index (χ1) is 7.86. The fourth-order valence-electron chi connectivity index (χ4n) is 2.29. The van der Waals surface area contributed by atoms with E-state index >= 15 is 0 Å². The number of unbranched alkanes of at least 4 members (excludes halogenated alkanes) is 1. The van der Waals surface area contributed by atoms with Gasteiger partial charge in [0.2, 0.25) is 0 Å². The maximum absolute atomic E-state index is 5.51. The average molecular weight is 228 g/mol. The summed E-state index contributed by atoms with van der Waals surface area (Å²) < 4.78 is 5.51. The average Bonchev–Trinajstić information content (AvgIpc) is 2.35. The van der Waals surface area contributed by atoms with E-state index in [0.717, 1.165) is 13.1 Å². The summed E-state index contributed by atoms with van der Waals surface area (Å²) in [5, 5.41) is 3.39. The van der Waals surface area contributed by atoms with Crippen molar-refractivity contribution in [3.63, 3.8) is 0 Å². The molecule has 3 nitrogen and oxygen atoms in total. The van der Waals surface area contributed by atoms with Gasteiger partial charge in [0.1, 0.15) is 0 Å². The predicted octanol–water partition coefficient (Wildman–Crippen LogP) is 1.88. The minimum absolute atomic E-state index is 0.489. The SMILES string of the molecule is CCCC[C@@H](CCCN1CCNCC1)OC. The minimum atomic E-state index is 0.489. The van der Waals surface area contributed by atoms with Crippen molar-refractivity contribution >= 4 is 0 Å². The van der Waals surface area contributed by atoms with Gasteiger partial charge in [0.05, 0.1) is 6.10 Å². The molecule has 0 amide bonds. The van der Waals surface area contributed by atoms with Crippen LogP contribution in [0.5, 0.6) is 0 Å². The molecule has 1 aliphatic heterocycles. The Bertz CT molecular complexity index is 158. The topological polar surface area (TPSA) is 24.5 Å². The molecule has 3 heteroatoms. The molecule has 1 N–H and O–H groups in total. The van der Waals surface area contributed by atoms with E-state index in [2.05, 4.69) is 17.1 Å². The number of rotatable bonds is 8. The van der Waals surface area contributed by atoms with Gasteiger partial charge < -0.3 is 15.0 Å². The molecule has 0 aromatic carbocycles. The van der Waals surface area contributed by atoms with Gasteiger partial charge in [0.15, 0.2) is 0 Å². The van der Waals surface area contributed by atoms with E-state index in [9.17, 15) is 0 Å². The van der Waals surface area contributed by atoms with E-state index in [1.54, 1.807) is 0 Å². The van der Waals surface area contributed by atoms with Gasteiger partial charge in [0, 0.05) is 33.3 Å². The smallest absolute Gasteiger partial charge is 0.0571 e. The summed E-state index contributed by atoms with van der Waals surface area (Å²) in [4.78, 5) is 2.56. The van der Waals surface area contributed by atoms with Crippen molar-refractivity contribution in [1.29, 1.82) is 0 Å². The molecule has 1 heterocycles. The lowest BCUT2D eigenvalue weighted by Gasteiger charge is -2.27. The molecule has 96 valence electrons. The number of piperazine rings is 1. The minimum Gasteiger partial charge on any atom is -0.381 e. The third-order valence-corrected chi connectivity index (χ3v) is 3.42. The summed E-state index contributed by atoms with van der Waals surface area (Å²) >= 11 is 0. The van der Waals surface area contributed by atoms with Crippen molar-refractivity contribution in [3.05, 3.63) is 0 Å². The quantitative estimate of drug-likeness (QED) is 0.686. The van der Waals surface area contributed by atoms with Gasteiger partial charge in [-0.2, -0.15) is 0 Å². The standard InChI is InChI=1S/C13H28N2O/c1-3-4-6-13(16-2)7-5-10-15-11-8-14-9-12-15/h13-14H,3-12H2,1-2H3/t13-/m0/s1. The van der Waals surface area contributed by atoms with E-state index in [1.807, 2.05) is 7.11 Å². The molecule has 16 heavy (non-hydrogen) atoms. The van der Waals surface area contributed by atoms with Gasteiger partial charge in [0.25, 0.3) is 0 Å². The van der Waals surface area contributed by atoms with Crippen molar-refractivity contribution in [2.45, 2.75) is 45.1 Å². The van der Waals surface area contributed by atoms with Crippen LogP contribution in [-0.4, -0.2) is 50.8 Å². The van der Waals surface area contributed by atoms with E-state index in [4.69, 9.17) is 4.74 Å². The highest BCUT2D eigenvalue weighted by Crippen LogP contribution is 2.10. The van der Waals surface area contributed by atoms with Gasteiger partial charge in [-0.25, -0.2) is 0 Å². The molecule has 1 fully saturated rings. The second-order valence-electron chi connectivity index (χ2n) is 4.73. The Kier molecular flexibility index (Phi) is 7.81. The monoisotopic (exact) mass is 228 g/mol. The maximum atomic E-state index is 5.51. The normalized spacial score (nSPS) is 19.9. The lowest BCUT2D eigenvalue weighted by Crippen LogP contribution is -2.43. The Morgan fingerprint density at radius 3 is 2.50 bits per heavy atom. The van der Waals surface area contributed by atoms with E-state index in [-0.39, 0.29) is 0 Å². The molecule has 0 radical (unpaired) electrons. The van der Waals surface area contributed by atoms with Crippen molar-refractivity contribution in [3.8, 4) is 0 Å². The van der Waals surface area contributed by atoms with Crippen molar-refractivity contribution < 1.29 is 4.74 Å². The maximum Gasteiger partial charge on any atom is 0.0571 e. The second kappa shape index (κ2) is 8.97. The highest BCUT2D eigenvalue weighted by Gasteiger charge is 2.11. The van der Waals surface area contributed by atoms with E-state index in [0.29, 0.717) is 6.10 Å². The summed E-state index contributed by atoms with van der Waals surface area (Å²) in [7, 11) is 1.85. The Balaban J connectivity index is 2.02. The van der Waals surface area contributed by atoms with Crippen molar-refractivity contribution in [2.24, 2.45) is 0 Å². The molecule has 0 spiro atoms.